The van der Waals surface area contributed by atoms with Gasteiger partial charge >= 0.3 is 6.18 Å². The number of hydrogen-bond donors (Lipinski definition) is 1. The number of fused-ring (bicyclic) bond motifs is 3. The second-order valence-electron chi connectivity index (χ2n) is 8.68. The molecule has 172 valence electrons. The van der Waals surface area contributed by atoms with Crippen molar-refractivity contribution in [2.75, 3.05) is 26.2 Å². The van der Waals surface area contributed by atoms with Crippen molar-refractivity contribution >= 4 is 22.7 Å². The lowest BCUT2D eigenvalue weighted by atomic mass is 9.95. The van der Waals surface area contributed by atoms with E-state index in [-0.39, 0.29) is 17.4 Å². The first-order valence-corrected chi connectivity index (χ1v) is 11.2. The SMILES string of the molecule is O=C(c1ccc(C(F)(F)F)cc1)N1CCN(C(=O)c2cccc3c4c([nH]c23)CCCC4)CC1. The fourth-order valence-electron chi connectivity index (χ4n) is 4.88. The van der Waals surface area contributed by atoms with E-state index in [2.05, 4.69) is 11.1 Å². The van der Waals surface area contributed by atoms with Crippen molar-refractivity contribution in [3.05, 3.63) is 70.4 Å². The van der Waals surface area contributed by atoms with Gasteiger partial charge in [-0.2, -0.15) is 13.2 Å². The molecule has 1 saturated heterocycles. The average Bonchev–Trinajstić information content (AvgIpc) is 3.22. The summed E-state index contributed by atoms with van der Waals surface area (Å²) in [5.41, 5.74) is 3.50. The number of alkyl halides is 3. The van der Waals surface area contributed by atoms with Gasteiger partial charge in [-0.3, -0.25) is 9.59 Å². The zero-order valence-corrected chi connectivity index (χ0v) is 18.0. The molecule has 33 heavy (non-hydrogen) atoms. The molecule has 5 nitrogen and oxygen atoms in total. The Bertz CT molecular complexity index is 1210. The largest absolute Gasteiger partial charge is 0.416 e. The summed E-state index contributed by atoms with van der Waals surface area (Å²) in [6.45, 7) is 1.43. The van der Waals surface area contributed by atoms with Gasteiger partial charge < -0.3 is 14.8 Å². The van der Waals surface area contributed by atoms with Crippen LogP contribution in [0.25, 0.3) is 10.9 Å². The summed E-state index contributed by atoms with van der Waals surface area (Å²) in [5, 5.41) is 1.12. The van der Waals surface area contributed by atoms with Crippen LogP contribution in [0.15, 0.2) is 42.5 Å². The molecule has 5 rings (SSSR count). The van der Waals surface area contributed by atoms with Crippen LogP contribution in [0.3, 0.4) is 0 Å². The van der Waals surface area contributed by atoms with Gasteiger partial charge in [0.15, 0.2) is 0 Å². The highest BCUT2D eigenvalue weighted by molar-refractivity contribution is 6.07. The van der Waals surface area contributed by atoms with Crippen LogP contribution < -0.4 is 0 Å². The fraction of sp³-hybridized carbons (Fsp3) is 0.360. The van der Waals surface area contributed by atoms with Crippen LogP contribution in [0.5, 0.6) is 0 Å². The first-order chi connectivity index (χ1) is 15.8. The number of H-pyrrole nitrogens is 1. The van der Waals surface area contributed by atoms with Crippen LogP contribution in [-0.4, -0.2) is 52.8 Å². The lowest BCUT2D eigenvalue weighted by Crippen LogP contribution is -2.50. The Balaban J connectivity index is 1.28. The molecule has 0 radical (unpaired) electrons. The van der Waals surface area contributed by atoms with Gasteiger partial charge in [-0.05, 0) is 61.6 Å². The van der Waals surface area contributed by atoms with Crippen molar-refractivity contribution in [2.24, 2.45) is 0 Å². The van der Waals surface area contributed by atoms with E-state index in [0.717, 1.165) is 48.7 Å². The lowest BCUT2D eigenvalue weighted by Gasteiger charge is -2.35. The zero-order valence-electron chi connectivity index (χ0n) is 18.0. The summed E-state index contributed by atoms with van der Waals surface area (Å²) >= 11 is 0. The Labute approximate surface area is 189 Å². The number of halogens is 3. The molecule has 2 aliphatic rings. The second-order valence-corrected chi connectivity index (χ2v) is 8.68. The molecule has 2 heterocycles. The van der Waals surface area contributed by atoms with Crippen molar-refractivity contribution in [3.8, 4) is 0 Å². The topological polar surface area (TPSA) is 56.4 Å². The molecular weight excluding hydrogens is 431 g/mol. The van der Waals surface area contributed by atoms with E-state index in [1.807, 2.05) is 12.1 Å². The summed E-state index contributed by atoms with van der Waals surface area (Å²) in [7, 11) is 0. The van der Waals surface area contributed by atoms with E-state index in [1.165, 1.54) is 23.4 Å². The number of aryl methyl sites for hydroxylation is 2. The minimum Gasteiger partial charge on any atom is -0.358 e. The van der Waals surface area contributed by atoms with Crippen molar-refractivity contribution in [3.63, 3.8) is 0 Å². The molecule has 1 aliphatic carbocycles. The molecule has 0 unspecified atom stereocenters. The highest BCUT2D eigenvalue weighted by Gasteiger charge is 2.31. The number of hydrogen-bond acceptors (Lipinski definition) is 2. The molecule has 2 aromatic carbocycles. The van der Waals surface area contributed by atoms with E-state index in [9.17, 15) is 22.8 Å². The highest BCUT2D eigenvalue weighted by Crippen LogP contribution is 2.32. The smallest absolute Gasteiger partial charge is 0.358 e. The van der Waals surface area contributed by atoms with Crippen LogP contribution in [-0.2, 0) is 19.0 Å². The number of rotatable bonds is 2. The van der Waals surface area contributed by atoms with Crippen LogP contribution >= 0.6 is 0 Å². The van der Waals surface area contributed by atoms with Gasteiger partial charge in [0.2, 0.25) is 0 Å². The molecule has 1 N–H and O–H groups in total. The number of para-hydroxylation sites is 1. The molecule has 0 spiro atoms. The van der Waals surface area contributed by atoms with Crippen molar-refractivity contribution in [1.29, 1.82) is 0 Å². The summed E-state index contributed by atoms with van der Waals surface area (Å²) < 4.78 is 38.3. The summed E-state index contributed by atoms with van der Waals surface area (Å²) in [5.74, 6) is -0.393. The predicted molar refractivity (Wildman–Crippen MR) is 118 cm³/mol. The minimum absolute atomic E-state index is 0.0687. The first kappa shape index (κ1) is 21.6. The van der Waals surface area contributed by atoms with Crippen LogP contribution in [0.4, 0.5) is 13.2 Å². The molecule has 1 aromatic heterocycles. The number of amides is 2. The maximum atomic E-state index is 13.3. The molecule has 8 heteroatoms. The van der Waals surface area contributed by atoms with Gasteiger partial charge in [0.25, 0.3) is 11.8 Å². The number of aromatic amines is 1. The monoisotopic (exact) mass is 455 g/mol. The summed E-state index contributed by atoms with van der Waals surface area (Å²) in [4.78, 5) is 32.8. The quantitative estimate of drug-likeness (QED) is 0.611. The molecule has 3 aromatic rings. The Morgan fingerprint density at radius 2 is 1.45 bits per heavy atom. The fourth-order valence-corrected chi connectivity index (χ4v) is 4.88. The second kappa shape index (κ2) is 8.24. The van der Waals surface area contributed by atoms with Gasteiger partial charge in [0.05, 0.1) is 16.6 Å². The van der Waals surface area contributed by atoms with Crippen molar-refractivity contribution in [2.45, 2.75) is 31.9 Å². The molecule has 1 aliphatic heterocycles. The number of carbonyl (C=O) groups is 2. The minimum atomic E-state index is -4.44. The summed E-state index contributed by atoms with van der Waals surface area (Å²) in [6, 6.07) is 10.1. The van der Waals surface area contributed by atoms with E-state index >= 15 is 0 Å². The van der Waals surface area contributed by atoms with Crippen LogP contribution in [0, 0.1) is 0 Å². The molecule has 0 atom stereocenters. The third kappa shape index (κ3) is 3.98. The number of nitrogens with one attached hydrogen (secondary N) is 1. The highest BCUT2D eigenvalue weighted by atomic mass is 19.4. The summed E-state index contributed by atoms with van der Waals surface area (Å²) in [6.07, 6.45) is -0.0972. The molecular formula is C25H24F3N3O2. The lowest BCUT2D eigenvalue weighted by molar-refractivity contribution is -0.137. The van der Waals surface area contributed by atoms with Gasteiger partial charge in [-0.1, -0.05) is 12.1 Å². The predicted octanol–water partition coefficient (Wildman–Crippen LogP) is 4.66. The maximum absolute atomic E-state index is 13.3. The number of benzene rings is 2. The number of piperazine rings is 1. The van der Waals surface area contributed by atoms with Crippen LogP contribution in [0.2, 0.25) is 0 Å². The van der Waals surface area contributed by atoms with Crippen LogP contribution in [0.1, 0.15) is 50.4 Å². The third-order valence-corrected chi connectivity index (χ3v) is 6.68. The normalized spacial score (nSPS) is 16.7. The van der Waals surface area contributed by atoms with Gasteiger partial charge in [-0.25, -0.2) is 0 Å². The molecule has 0 saturated carbocycles. The Kier molecular flexibility index (Phi) is 5.38. The number of carbonyl (C=O) groups excluding carboxylic acids is 2. The Morgan fingerprint density at radius 1 is 0.818 bits per heavy atom. The zero-order chi connectivity index (χ0) is 23.2. The standard InChI is InChI=1S/C25H24F3N3O2/c26-25(27,28)17-10-8-16(9-11-17)23(32)30-12-14-31(15-13-30)24(33)20-6-3-5-19-18-4-1-2-7-21(18)29-22(19)20/h3,5-6,8-11,29H,1-2,4,7,12-15H2. The van der Waals surface area contributed by atoms with E-state index < -0.39 is 11.7 Å². The van der Waals surface area contributed by atoms with E-state index in [0.29, 0.717) is 31.7 Å². The Morgan fingerprint density at radius 3 is 2.12 bits per heavy atom. The molecule has 1 fully saturated rings. The number of nitrogens with zero attached hydrogens (tertiary/aromatic N) is 2. The van der Waals surface area contributed by atoms with Gasteiger partial charge in [0, 0.05) is 42.8 Å². The maximum Gasteiger partial charge on any atom is 0.416 e. The first-order valence-electron chi connectivity index (χ1n) is 11.2. The van der Waals surface area contributed by atoms with Crippen molar-refractivity contribution < 1.29 is 22.8 Å². The van der Waals surface area contributed by atoms with E-state index in [1.54, 1.807) is 9.80 Å². The average molecular weight is 455 g/mol. The van der Waals surface area contributed by atoms with Gasteiger partial charge in [-0.15, -0.1) is 0 Å². The van der Waals surface area contributed by atoms with Gasteiger partial charge in [0.1, 0.15) is 0 Å². The third-order valence-electron chi connectivity index (χ3n) is 6.68. The van der Waals surface area contributed by atoms with Crippen molar-refractivity contribution in [1.82, 2.24) is 14.8 Å². The Hall–Kier alpha value is -3.29. The molecule has 2 amide bonds. The molecule has 0 bridgehead atoms. The van der Waals surface area contributed by atoms with E-state index in [4.69, 9.17) is 0 Å². The number of aromatic nitrogens is 1.